The Morgan fingerprint density at radius 2 is 1.94 bits per heavy atom. The molecule has 0 heterocycles. The first-order chi connectivity index (χ1) is 7.65. The number of aryl methyl sites for hydroxylation is 1. The molecule has 1 N–H and O–H groups in total. The summed E-state index contributed by atoms with van der Waals surface area (Å²) in [5, 5.41) is 3.34. The van der Waals surface area contributed by atoms with Gasteiger partial charge >= 0.3 is 0 Å². The molecule has 3 saturated carbocycles. The molecule has 0 aromatic heterocycles. The Bertz CT molecular complexity index is 388. The van der Waals surface area contributed by atoms with Gasteiger partial charge in [-0.05, 0) is 56.0 Å². The first-order valence-electron chi connectivity index (χ1n) is 6.36. The van der Waals surface area contributed by atoms with Gasteiger partial charge in [-0.2, -0.15) is 0 Å². The maximum Gasteiger partial charge on any atom is 0.000543 e. The van der Waals surface area contributed by atoms with Gasteiger partial charge in [-0.25, -0.2) is 0 Å². The molecule has 1 nitrogen and oxygen atoms in total. The van der Waals surface area contributed by atoms with Crippen LogP contribution < -0.4 is 5.32 Å². The van der Waals surface area contributed by atoms with Gasteiger partial charge in [-0.1, -0.05) is 29.8 Å². The minimum absolute atomic E-state index is 0.685. The second kappa shape index (κ2) is 3.33. The molecule has 3 fully saturated rings. The van der Waals surface area contributed by atoms with Crippen molar-refractivity contribution in [1.82, 2.24) is 5.32 Å². The summed E-state index contributed by atoms with van der Waals surface area (Å²) in [7, 11) is 2.08. The second-order valence-electron chi connectivity index (χ2n) is 6.23. The molecule has 0 amide bonds. The Kier molecular flexibility index (Phi) is 2.16. The van der Waals surface area contributed by atoms with Crippen molar-refractivity contribution < 1.29 is 0 Å². The number of hydrogen-bond donors (Lipinski definition) is 1. The molecular formula is C15H21N. The summed E-state index contributed by atoms with van der Waals surface area (Å²) >= 11 is 0. The molecule has 0 unspecified atom stereocenters. The minimum atomic E-state index is 0.685. The van der Waals surface area contributed by atoms with Crippen LogP contribution in [0.1, 0.15) is 30.4 Å². The van der Waals surface area contributed by atoms with Crippen LogP contribution in [0.2, 0.25) is 0 Å². The Hall–Kier alpha value is -0.820. The second-order valence-corrected chi connectivity index (χ2v) is 6.23. The van der Waals surface area contributed by atoms with Crippen molar-refractivity contribution in [2.75, 3.05) is 13.6 Å². The van der Waals surface area contributed by atoms with Crippen LogP contribution in [-0.2, 0) is 6.42 Å². The lowest BCUT2D eigenvalue weighted by molar-refractivity contribution is -0.198. The van der Waals surface area contributed by atoms with Gasteiger partial charge in [0.2, 0.25) is 0 Å². The van der Waals surface area contributed by atoms with Gasteiger partial charge in [0, 0.05) is 6.54 Å². The van der Waals surface area contributed by atoms with Crippen molar-refractivity contribution in [3.8, 4) is 0 Å². The highest BCUT2D eigenvalue weighted by Gasteiger charge is 2.66. The van der Waals surface area contributed by atoms with Crippen molar-refractivity contribution in [3.63, 3.8) is 0 Å². The lowest BCUT2D eigenvalue weighted by Crippen LogP contribution is -2.65. The number of benzene rings is 1. The smallest absolute Gasteiger partial charge is 0.000543 e. The summed E-state index contributed by atoms with van der Waals surface area (Å²) < 4.78 is 0. The third kappa shape index (κ3) is 1.49. The fourth-order valence-electron chi connectivity index (χ4n) is 4.24. The first kappa shape index (κ1) is 10.3. The van der Waals surface area contributed by atoms with Gasteiger partial charge in [0.05, 0.1) is 0 Å². The zero-order valence-corrected chi connectivity index (χ0v) is 10.3. The summed E-state index contributed by atoms with van der Waals surface area (Å²) in [6.45, 7) is 3.41. The van der Waals surface area contributed by atoms with Crippen molar-refractivity contribution in [1.29, 1.82) is 0 Å². The Balaban J connectivity index is 1.63. The highest BCUT2D eigenvalue weighted by Crippen LogP contribution is 2.74. The van der Waals surface area contributed by atoms with Gasteiger partial charge in [0.25, 0.3) is 0 Å². The van der Waals surface area contributed by atoms with E-state index in [1.54, 1.807) is 0 Å². The molecule has 0 aliphatic heterocycles. The highest BCUT2D eigenvalue weighted by atomic mass is 14.9. The molecular weight excluding hydrogens is 194 g/mol. The van der Waals surface area contributed by atoms with E-state index in [-0.39, 0.29) is 0 Å². The van der Waals surface area contributed by atoms with Gasteiger partial charge in [-0.15, -0.1) is 0 Å². The average Bonchev–Trinajstić information content (AvgIpc) is 2.13. The predicted molar refractivity (Wildman–Crippen MR) is 67.5 cm³/mol. The predicted octanol–water partition coefficient (Wildman–Crippen LogP) is 2.93. The summed E-state index contributed by atoms with van der Waals surface area (Å²) in [4.78, 5) is 0. The van der Waals surface area contributed by atoms with Crippen LogP contribution in [0.15, 0.2) is 24.3 Å². The van der Waals surface area contributed by atoms with E-state index < -0.39 is 0 Å². The fraction of sp³-hybridized carbons (Fsp3) is 0.600. The lowest BCUT2D eigenvalue weighted by atomic mass is 9.34. The Morgan fingerprint density at radius 3 is 2.56 bits per heavy atom. The molecule has 16 heavy (non-hydrogen) atoms. The molecule has 86 valence electrons. The quantitative estimate of drug-likeness (QED) is 0.814. The molecule has 3 aliphatic rings. The van der Waals surface area contributed by atoms with E-state index >= 15 is 0 Å². The van der Waals surface area contributed by atoms with Crippen molar-refractivity contribution in [3.05, 3.63) is 35.4 Å². The third-order valence-corrected chi connectivity index (χ3v) is 4.46. The average molecular weight is 215 g/mol. The van der Waals surface area contributed by atoms with Crippen LogP contribution >= 0.6 is 0 Å². The SMILES string of the molecule is CNCC12CC(Cc3cccc(C)c3)(C1)C2. The fourth-order valence-corrected chi connectivity index (χ4v) is 4.24. The molecule has 0 radical (unpaired) electrons. The zero-order chi connectivity index (χ0) is 11.2. The molecule has 0 spiro atoms. The zero-order valence-electron chi connectivity index (χ0n) is 10.3. The van der Waals surface area contributed by atoms with E-state index in [1.165, 1.54) is 43.4 Å². The van der Waals surface area contributed by atoms with E-state index in [1.807, 2.05) is 0 Å². The molecule has 0 atom stereocenters. The van der Waals surface area contributed by atoms with E-state index in [0.29, 0.717) is 10.8 Å². The molecule has 1 aromatic rings. The topological polar surface area (TPSA) is 12.0 Å². The molecule has 1 heteroatoms. The Morgan fingerprint density at radius 1 is 1.19 bits per heavy atom. The van der Waals surface area contributed by atoms with Gasteiger partial charge in [0.1, 0.15) is 0 Å². The van der Waals surface area contributed by atoms with Gasteiger partial charge in [0.15, 0.2) is 0 Å². The van der Waals surface area contributed by atoms with Crippen LogP contribution in [-0.4, -0.2) is 13.6 Å². The van der Waals surface area contributed by atoms with Crippen LogP contribution in [0.4, 0.5) is 0 Å². The van der Waals surface area contributed by atoms with E-state index in [2.05, 4.69) is 43.6 Å². The van der Waals surface area contributed by atoms with Crippen molar-refractivity contribution >= 4 is 0 Å². The standard InChI is InChI=1S/C15H21N/c1-12-4-3-5-13(6-12)7-14-8-15(9-14,10-14)11-16-2/h3-6,16H,7-11H2,1-2H3. The number of nitrogens with one attached hydrogen (secondary N) is 1. The normalized spacial score (nSPS) is 35.4. The van der Waals surface area contributed by atoms with Gasteiger partial charge in [-0.3, -0.25) is 0 Å². The maximum atomic E-state index is 3.34. The summed E-state index contributed by atoms with van der Waals surface area (Å²) in [5.74, 6) is 0. The highest BCUT2D eigenvalue weighted by molar-refractivity contribution is 5.28. The lowest BCUT2D eigenvalue weighted by Gasteiger charge is -2.71. The van der Waals surface area contributed by atoms with Crippen LogP contribution in [0.5, 0.6) is 0 Å². The van der Waals surface area contributed by atoms with E-state index in [0.717, 1.165) is 0 Å². The largest absolute Gasteiger partial charge is 0.319 e. The number of hydrogen-bond acceptors (Lipinski definition) is 1. The molecule has 0 saturated heterocycles. The van der Waals surface area contributed by atoms with Crippen LogP contribution in [0.25, 0.3) is 0 Å². The molecule has 1 aromatic carbocycles. The van der Waals surface area contributed by atoms with Gasteiger partial charge < -0.3 is 5.32 Å². The van der Waals surface area contributed by atoms with Crippen LogP contribution in [0, 0.1) is 17.8 Å². The Labute approximate surface area is 98.3 Å². The summed E-state index contributed by atoms with van der Waals surface area (Å²) in [6.07, 6.45) is 5.67. The van der Waals surface area contributed by atoms with Crippen molar-refractivity contribution in [2.24, 2.45) is 10.8 Å². The van der Waals surface area contributed by atoms with Crippen LogP contribution in [0.3, 0.4) is 0 Å². The first-order valence-corrected chi connectivity index (χ1v) is 6.36. The minimum Gasteiger partial charge on any atom is -0.319 e. The third-order valence-electron chi connectivity index (χ3n) is 4.46. The summed E-state index contributed by atoms with van der Waals surface area (Å²) in [5.41, 5.74) is 4.32. The molecule has 3 aliphatic carbocycles. The van der Waals surface area contributed by atoms with E-state index in [9.17, 15) is 0 Å². The molecule has 4 rings (SSSR count). The molecule has 2 bridgehead atoms. The van der Waals surface area contributed by atoms with E-state index in [4.69, 9.17) is 0 Å². The summed E-state index contributed by atoms with van der Waals surface area (Å²) in [6, 6.07) is 9.02. The number of rotatable bonds is 4. The van der Waals surface area contributed by atoms with Crippen molar-refractivity contribution in [2.45, 2.75) is 32.6 Å². The monoisotopic (exact) mass is 215 g/mol. The maximum absolute atomic E-state index is 3.34.